The lowest BCUT2D eigenvalue weighted by molar-refractivity contribution is 0.0694. The number of nitrogens with zero attached hydrogens (tertiary/aromatic N) is 6. The lowest BCUT2D eigenvalue weighted by atomic mass is 10.1. The Kier molecular flexibility index (Phi) is 4.37. The lowest BCUT2D eigenvalue weighted by Gasteiger charge is -2.11. The molecule has 0 aliphatic heterocycles. The highest BCUT2D eigenvalue weighted by Gasteiger charge is 2.16. The van der Waals surface area contributed by atoms with E-state index in [1.54, 1.807) is 17.9 Å². The van der Waals surface area contributed by atoms with Gasteiger partial charge in [-0.1, -0.05) is 41.6 Å². The van der Waals surface area contributed by atoms with Gasteiger partial charge in [-0.15, -0.1) is 5.10 Å². The molecule has 1 unspecified atom stereocenters. The van der Waals surface area contributed by atoms with Crippen LogP contribution in [0.5, 0.6) is 0 Å². The minimum atomic E-state index is -0.281. The van der Waals surface area contributed by atoms with Crippen molar-refractivity contribution in [1.82, 2.24) is 25.2 Å². The van der Waals surface area contributed by atoms with Crippen molar-refractivity contribution < 1.29 is 4.84 Å². The Morgan fingerprint density at radius 2 is 1.91 bits per heavy atom. The monoisotopic (exact) mass is 308 g/mol. The average molecular weight is 308 g/mol. The number of aryl methyl sites for hydroxylation is 1. The molecular weight excluding hydrogens is 292 g/mol. The summed E-state index contributed by atoms with van der Waals surface area (Å²) < 4.78 is 1.56. The molecule has 0 saturated heterocycles. The predicted octanol–water partition coefficient (Wildman–Crippen LogP) is 2.14. The van der Waals surface area contributed by atoms with Crippen LogP contribution in [-0.2, 0) is 11.9 Å². The van der Waals surface area contributed by atoms with E-state index in [-0.39, 0.29) is 6.10 Å². The second-order valence-corrected chi connectivity index (χ2v) is 4.93. The number of oxime groups is 1. The molecule has 7 heteroatoms. The summed E-state index contributed by atoms with van der Waals surface area (Å²) >= 11 is 0. The van der Waals surface area contributed by atoms with Crippen LogP contribution in [0.15, 0.2) is 59.9 Å². The van der Waals surface area contributed by atoms with E-state index in [4.69, 9.17) is 4.84 Å². The van der Waals surface area contributed by atoms with E-state index < -0.39 is 0 Å². The zero-order valence-corrected chi connectivity index (χ0v) is 12.9. The number of benzene rings is 1. The number of hydrogen-bond donors (Lipinski definition) is 0. The van der Waals surface area contributed by atoms with Gasteiger partial charge in [0, 0.05) is 18.8 Å². The van der Waals surface area contributed by atoms with E-state index in [2.05, 4.69) is 25.7 Å². The largest absolute Gasteiger partial charge is 0.386 e. The molecule has 7 nitrogen and oxygen atoms in total. The van der Waals surface area contributed by atoms with Crippen molar-refractivity contribution in [3.8, 4) is 0 Å². The Balaban J connectivity index is 1.91. The fraction of sp³-hybridized carbons (Fsp3) is 0.188. The van der Waals surface area contributed by atoms with Gasteiger partial charge in [0.25, 0.3) is 0 Å². The SMILES string of the molecule is CC(ON=C(c1ccccc1)c1nnnn1C)c1ccccn1. The Morgan fingerprint density at radius 1 is 1.13 bits per heavy atom. The normalized spacial score (nSPS) is 12.9. The molecule has 116 valence electrons. The average Bonchev–Trinajstić information content (AvgIpc) is 3.03. The van der Waals surface area contributed by atoms with E-state index >= 15 is 0 Å². The molecule has 0 aliphatic rings. The summed E-state index contributed by atoms with van der Waals surface area (Å²) in [6.07, 6.45) is 1.44. The molecule has 0 spiro atoms. The van der Waals surface area contributed by atoms with Gasteiger partial charge in [0.15, 0.2) is 11.8 Å². The van der Waals surface area contributed by atoms with Crippen molar-refractivity contribution in [2.24, 2.45) is 12.2 Å². The molecule has 3 aromatic rings. The van der Waals surface area contributed by atoms with Crippen LogP contribution < -0.4 is 0 Å². The van der Waals surface area contributed by atoms with Gasteiger partial charge in [0.05, 0.1) is 5.69 Å². The zero-order valence-electron chi connectivity index (χ0n) is 12.9. The zero-order chi connectivity index (χ0) is 16.1. The fourth-order valence-electron chi connectivity index (χ4n) is 2.05. The quantitative estimate of drug-likeness (QED) is 0.533. The maximum absolute atomic E-state index is 5.64. The molecule has 1 atom stereocenters. The summed E-state index contributed by atoms with van der Waals surface area (Å²) in [6.45, 7) is 1.89. The van der Waals surface area contributed by atoms with E-state index in [0.29, 0.717) is 11.5 Å². The third-order valence-corrected chi connectivity index (χ3v) is 3.29. The number of tetrazole rings is 1. The molecule has 0 amide bonds. The minimum Gasteiger partial charge on any atom is -0.386 e. The second kappa shape index (κ2) is 6.78. The van der Waals surface area contributed by atoms with Crippen molar-refractivity contribution in [3.63, 3.8) is 0 Å². The van der Waals surface area contributed by atoms with Crippen molar-refractivity contribution in [3.05, 3.63) is 71.8 Å². The van der Waals surface area contributed by atoms with Gasteiger partial charge >= 0.3 is 0 Å². The van der Waals surface area contributed by atoms with Crippen molar-refractivity contribution >= 4 is 5.71 Å². The molecule has 3 rings (SSSR count). The van der Waals surface area contributed by atoms with Crippen LogP contribution in [0.3, 0.4) is 0 Å². The first kappa shape index (κ1) is 14.8. The molecule has 0 bridgehead atoms. The number of aromatic nitrogens is 5. The van der Waals surface area contributed by atoms with Gasteiger partial charge in [0.2, 0.25) is 5.82 Å². The van der Waals surface area contributed by atoms with Crippen molar-refractivity contribution in [1.29, 1.82) is 0 Å². The number of rotatable bonds is 5. The van der Waals surface area contributed by atoms with E-state index in [1.807, 2.05) is 55.5 Å². The van der Waals surface area contributed by atoms with Gasteiger partial charge in [-0.3, -0.25) is 4.98 Å². The third-order valence-electron chi connectivity index (χ3n) is 3.29. The fourth-order valence-corrected chi connectivity index (χ4v) is 2.05. The van der Waals surface area contributed by atoms with E-state index in [9.17, 15) is 0 Å². The first-order valence-corrected chi connectivity index (χ1v) is 7.18. The molecule has 0 radical (unpaired) electrons. The van der Waals surface area contributed by atoms with Crippen LogP contribution in [0, 0.1) is 0 Å². The van der Waals surface area contributed by atoms with Gasteiger partial charge < -0.3 is 4.84 Å². The third kappa shape index (κ3) is 3.39. The van der Waals surface area contributed by atoms with Crippen LogP contribution in [0.2, 0.25) is 0 Å². The van der Waals surface area contributed by atoms with Gasteiger partial charge in [-0.05, 0) is 29.5 Å². The molecule has 1 aromatic carbocycles. The predicted molar refractivity (Wildman–Crippen MR) is 84.6 cm³/mol. The molecule has 2 heterocycles. The molecular formula is C16H16N6O. The maximum atomic E-state index is 5.64. The molecule has 2 aromatic heterocycles. The summed E-state index contributed by atoms with van der Waals surface area (Å²) in [5, 5.41) is 15.8. The summed E-state index contributed by atoms with van der Waals surface area (Å²) in [5.74, 6) is 0.532. The Labute approximate surface area is 133 Å². The molecule has 0 aliphatic carbocycles. The molecule has 0 saturated carbocycles. The van der Waals surface area contributed by atoms with Gasteiger partial charge in [-0.2, -0.15) is 0 Å². The lowest BCUT2D eigenvalue weighted by Crippen LogP contribution is -2.12. The van der Waals surface area contributed by atoms with Crippen LogP contribution in [0.1, 0.15) is 30.1 Å². The van der Waals surface area contributed by atoms with Crippen LogP contribution >= 0.6 is 0 Å². The number of pyridine rings is 1. The topological polar surface area (TPSA) is 78.1 Å². The minimum absolute atomic E-state index is 0.281. The Morgan fingerprint density at radius 3 is 2.57 bits per heavy atom. The highest BCUT2D eigenvalue weighted by atomic mass is 16.6. The van der Waals surface area contributed by atoms with Crippen molar-refractivity contribution in [2.45, 2.75) is 13.0 Å². The summed E-state index contributed by atoms with van der Waals surface area (Å²) in [4.78, 5) is 9.91. The summed E-state index contributed by atoms with van der Waals surface area (Å²) in [7, 11) is 1.76. The van der Waals surface area contributed by atoms with E-state index in [0.717, 1.165) is 11.3 Å². The van der Waals surface area contributed by atoms with Crippen LogP contribution in [0.4, 0.5) is 0 Å². The second-order valence-electron chi connectivity index (χ2n) is 4.93. The Bertz CT molecular complexity index is 785. The van der Waals surface area contributed by atoms with Crippen molar-refractivity contribution in [2.75, 3.05) is 0 Å². The standard InChI is InChI=1S/C16H16N6O/c1-12(14-10-6-7-11-17-14)23-19-15(13-8-4-3-5-9-13)16-18-20-21-22(16)2/h3-12H,1-2H3. The summed E-state index contributed by atoms with van der Waals surface area (Å²) in [6, 6.07) is 15.3. The highest BCUT2D eigenvalue weighted by Crippen LogP contribution is 2.16. The van der Waals surface area contributed by atoms with Crippen LogP contribution in [-0.4, -0.2) is 30.9 Å². The van der Waals surface area contributed by atoms with Crippen LogP contribution in [0.25, 0.3) is 0 Å². The first-order chi connectivity index (χ1) is 11.3. The van der Waals surface area contributed by atoms with Gasteiger partial charge in [-0.25, -0.2) is 4.68 Å². The summed E-state index contributed by atoms with van der Waals surface area (Å²) in [5.41, 5.74) is 2.25. The smallest absolute Gasteiger partial charge is 0.204 e. The maximum Gasteiger partial charge on any atom is 0.204 e. The highest BCUT2D eigenvalue weighted by molar-refractivity contribution is 6.10. The first-order valence-electron chi connectivity index (χ1n) is 7.18. The molecule has 0 fully saturated rings. The Hall–Kier alpha value is -3.09. The van der Waals surface area contributed by atoms with E-state index in [1.165, 1.54) is 0 Å². The molecule has 23 heavy (non-hydrogen) atoms. The number of hydrogen-bond acceptors (Lipinski definition) is 6. The molecule has 0 N–H and O–H groups in total. The van der Waals surface area contributed by atoms with Gasteiger partial charge in [0.1, 0.15) is 0 Å².